The maximum Gasteiger partial charge on any atom is 0.233 e. The highest BCUT2D eigenvalue weighted by Gasteiger charge is 2.19. The van der Waals surface area contributed by atoms with Crippen LogP contribution in [0.5, 0.6) is 0 Å². The Morgan fingerprint density at radius 1 is 1.10 bits per heavy atom. The van der Waals surface area contributed by atoms with Crippen LogP contribution in [0.25, 0.3) is 0 Å². The van der Waals surface area contributed by atoms with Gasteiger partial charge in [-0.3, -0.25) is 4.79 Å². The molecule has 1 amide bonds. The summed E-state index contributed by atoms with van der Waals surface area (Å²) >= 11 is 1.31. The van der Waals surface area contributed by atoms with E-state index in [1.165, 1.54) is 11.8 Å². The molecule has 0 N–H and O–H groups in total. The lowest BCUT2D eigenvalue weighted by molar-refractivity contribution is -0.129. The van der Waals surface area contributed by atoms with Gasteiger partial charge in [-0.15, -0.1) is 0 Å². The third kappa shape index (κ3) is 5.07. The van der Waals surface area contributed by atoms with Gasteiger partial charge in [-0.1, -0.05) is 42.1 Å². The van der Waals surface area contributed by atoms with Crippen molar-refractivity contribution in [2.75, 3.05) is 5.75 Å². The maximum absolute atomic E-state index is 13.0. The molecule has 29 heavy (non-hydrogen) atoms. The number of thioether (sulfide) groups is 1. The minimum atomic E-state index is -0.0307. The molecule has 3 rings (SSSR count). The summed E-state index contributed by atoms with van der Waals surface area (Å²) in [5.74, 6) is 0.908. The highest BCUT2D eigenvalue weighted by Crippen LogP contribution is 2.27. The molecule has 2 aromatic heterocycles. The van der Waals surface area contributed by atoms with E-state index in [0.717, 1.165) is 28.1 Å². The molecule has 2 heterocycles. The van der Waals surface area contributed by atoms with E-state index in [2.05, 4.69) is 11.1 Å². The van der Waals surface area contributed by atoms with Gasteiger partial charge in [-0.25, -0.2) is 4.98 Å². The van der Waals surface area contributed by atoms with Crippen LogP contribution in [0.3, 0.4) is 0 Å². The average Bonchev–Trinajstić information content (AvgIpc) is 3.24. The summed E-state index contributed by atoms with van der Waals surface area (Å²) < 4.78 is 5.44. The second kappa shape index (κ2) is 9.44. The van der Waals surface area contributed by atoms with Crippen molar-refractivity contribution in [2.45, 2.75) is 38.9 Å². The largest absolute Gasteiger partial charge is 0.467 e. The predicted octanol–water partition coefficient (Wildman–Crippen LogP) is 4.79. The summed E-state index contributed by atoms with van der Waals surface area (Å²) in [4.78, 5) is 19.3. The molecular weight excluding hydrogens is 382 g/mol. The first-order chi connectivity index (χ1) is 14.0. The van der Waals surface area contributed by atoms with Crippen LogP contribution in [0.2, 0.25) is 0 Å². The fourth-order valence-electron chi connectivity index (χ4n) is 3.00. The van der Waals surface area contributed by atoms with Crippen LogP contribution in [0, 0.1) is 32.1 Å². The standard InChI is InChI=1S/C23H23N3O2S/c1-16-17(2)21(12-24)23(25-18(16)3)29-15-22(27)26(14-20-10-7-11-28-20)13-19-8-5-4-6-9-19/h4-11H,13-15H2,1-3H3. The smallest absolute Gasteiger partial charge is 0.233 e. The van der Waals surface area contributed by atoms with Crippen molar-refractivity contribution in [1.29, 1.82) is 5.26 Å². The Bertz CT molecular complexity index is 1020. The molecule has 6 heteroatoms. The van der Waals surface area contributed by atoms with Crippen LogP contribution in [0.1, 0.15) is 33.7 Å². The lowest BCUT2D eigenvalue weighted by atomic mass is 10.1. The van der Waals surface area contributed by atoms with Crippen LogP contribution >= 0.6 is 11.8 Å². The third-order valence-corrected chi connectivity index (χ3v) is 5.86. The molecule has 0 radical (unpaired) electrons. The zero-order valence-corrected chi connectivity index (χ0v) is 17.6. The Labute approximate surface area is 175 Å². The number of furan rings is 1. The van der Waals surface area contributed by atoms with Gasteiger partial charge >= 0.3 is 0 Å². The number of aromatic nitrogens is 1. The first-order valence-corrected chi connectivity index (χ1v) is 10.3. The number of aryl methyl sites for hydroxylation is 1. The van der Waals surface area contributed by atoms with Gasteiger partial charge in [-0.05, 0) is 49.6 Å². The molecule has 0 bridgehead atoms. The quantitative estimate of drug-likeness (QED) is 0.529. The normalized spacial score (nSPS) is 10.6. The van der Waals surface area contributed by atoms with E-state index in [-0.39, 0.29) is 11.7 Å². The lowest BCUT2D eigenvalue weighted by Gasteiger charge is -2.22. The molecule has 148 valence electrons. The molecule has 0 unspecified atom stereocenters. The number of carbonyl (C=O) groups excluding carboxylic acids is 1. The van der Waals surface area contributed by atoms with E-state index in [4.69, 9.17) is 4.42 Å². The van der Waals surface area contributed by atoms with E-state index in [9.17, 15) is 10.1 Å². The maximum atomic E-state index is 13.0. The van der Waals surface area contributed by atoms with E-state index < -0.39 is 0 Å². The molecule has 0 saturated carbocycles. The van der Waals surface area contributed by atoms with E-state index in [1.54, 1.807) is 11.2 Å². The number of amides is 1. The average molecular weight is 406 g/mol. The third-order valence-electron chi connectivity index (χ3n) is 4.90. The van der Waals surface area contributed by atoms with Crippen molar-refractivity contribution in [1.82, 2.24) is 9.88 Å². The number of rotatable bonds is 7. The molecule has 0 aliphatic rings. The van der Waals surface area contributed by atoms with Crippen molar-refractivity contribution >= 4 is 17.7 Å². The van der Waals surface area contributed by atoms with Crippen molar-refractivity contribution in [3.8, 4) is 6.07 Å². The summed E-state index contributed by atoms with van der Waals surface area (Å²) in [6, 6.07) is 15.8. The molecule has 0 saturated heterocycles. The zero-order valence-electron chi connectivity index (χ0n) is 16.8. The van der Waals surface area contributed by atoms with Gasteiger partial charge in [0.2, 0.25) is 5.91 Å². The second-order valence-electron chi connectivity index (χ2n) is 6.84. The van der Waals surface area contributed by atoms with Gasteiger partial charge in [0.1, 0.15) is 16.9 Å². The predicted molar refractivity (Wildman–Crippen MR) is 113 cm³/mol. The second-order valence-corrected chi connectivity index (χ2v) is 7.81. The molecule has 0 aliphatic heterocycles. The Balaban J connectivity index is 1.77. The topological polar surface area (TPSA) is 70.1 Å². The molecule has 5 nitrogen and oxygen atoms in total. The van der Waals surface area contributed by atoms with E-state index >= 15 is 0 Å². The van der Waals surface area contributed by atoms with E-state index in [0.29, 0.717) is 23.7 Å². The SMILES string of the molecule is Cc1nc(SCC(=O)N(Cc2ccccc2)Cc2ccco2)c(C#N)c(C)c1C. The van der Waals surface area contributed by atoms with Crippen LogP contribution in [-0.4, -0.2) is 21.5 Å². The van der Waals surface area contributed by atoms with Crippen LogP contribution in [0.15, 0.2) is 58.2 Å². The Kier molecular flexibility index (Phi) is 6.73. The molecule has 0 fully saturated rings. The van der Waals surface area contributed by atoms with Crippen LogP contribution < -0.4 is 0 Å². The zero-order chi connectivity index (χ0) is 20.8. The molecule has 0 spiro atoms. The summed E-state index contributed by atoms with van der Waals surface area (Å²) in [5, 5.41) is 10.2. The van der Waals surface area contributed by atoms with Crippen molar-refractivity contribution in [3.63, 3.8) is 0 Å². The molecule has 3 aromatic rings. The summed E-state index contributed by atoms with van der Waals surface area (Å²) in [5.41, 5.74) is 4.42. The van der Waals surface area contributed by atoms with Crippen molar-refractivity contribution < 1.29 is 9.21 Å². The summed E-state index contributed by atoms with van der Waals surface area (Å²) in [7, 11) is 0. The van der Waals surface area contributed by atoms with Gasteiger partial charge in [0.05, 0.1) is 24.1 Å². The molecular formula is C23H23N3O2S. The van der Waals surface area contributed by atoms with Gasteiger partial charge < -0.3 is 9.32 Å². The summed E-state index contributed by atoms with van der Waals surface area (Å²) in [6.45, 7) is 6.70. The minimum absolute atomic E-state index is 0.0307. The van der Waals surface area contributed by atoms with Gasteiger partial charge in [0.25, 0.3) is 0 Å². The molecule has 0 atom stereocenters. The number of nitrogens with zero attached hydrogens (tertiary/aromatic N) is 3. The minimum Gasteiger partial charge on any atom is -0.467 e. The Morgan fingerprint density at radius 3 is 2.52 bits per heavy atom. The number of benzene rings is 1. The number of nitriles is 1. The van der Waals surface area contributed by atoms with Gasteiger partial charge in [0.15, 0.2) is 0 Å². The Hall–Kier alpha value is -3.04. The van der Waals surface area contributed by atoms with Gasteiger partial charge in [0, 0.05) is 12.2 Å². The number of hydrogen-bond acceptors (Lipinski definition) is 5. The van der Waals surface area contributed by atoms with Crippen molar-refractivity contribution in [3.05, 3.63) is 82.4 Å². The Morgan fingerprint density at radius 2 is 1.86 bits per heavy atom. The van der Waals surface area contributed by atoms with Gasteiger partial charge in [-0.2, -0.15) is 5.26 Å². The van der Waals surface area contributed by atoms with Crippen LogP contribution in [0.4, 0.5) is 0 Å². The number of hydrogen-bond donors (Lipinski definition) is 0. The first kappa shape index (κ1) is 20.7. The summed E-state index contributed by atoms with van der Waals surface area (Å²) in [6.07, 6.45) is 1.61. The highest BCUT2D eigenvalue weighted by molar-refractivity contribution is 8.00. The molecule has 0 aliphatic carbocycles. The monoisotopic (exact) mass is 405 g/mol. The first-order valence-electron chi connectivity index (χ1n) is 9.34. The van der Waals surface area contributed by atoms with Crippen molar-refractivity contribution in [2.24, 2.45) is 0 Å². The highest BCUT2D eigenvalue weighted by atomic mass is 32.2. The number of pyridine rings is 1. The fraction of sp³-hybridized carbons (Fsp3) is 0.261. The lowest BCUT2D eigenvalue weighted by Crippen LogP contribution is -2.31. The molecule has 1 aromatic carbocycles. The van der Waals surface area contributed by atoms with E-state index in [1.807, 2.05) is 63.2 Å². The number of carbonyl (C=O) groups is 1. The fourth-order valence-corrected chi connectivity index (χ4v) is 3.98. The van der Waals surface area contributed by atoms with Crippen LogP contribution in [-0.2, 0) is 17.9 Å².